The van der Waals surface area contributed by atoms with Crippen LogP contribution in [0.25, 0.3) is 0 Å². The van der Waals surface area contributed by atoms with Gasteiger partial charge in [-0.2, -0.15) is 5.10 Å². The van der Waals surface area contributed by atoms with Crippen LogP contribution in [0.15, 0.2) is 23.3 Å². The molecule has 1 heterocycles. The first-order valence-corrected chi connectivity index (χ1v) is 7.62. The third-order valence-corrected chi connectivity index (χ3v) is 4.21. The fourth-order valence-corrected chi connectivity index (χ4v) is 2.93. The van der Waals surface area contributed by atoms with Crippen molar-refractivity contribution in [1.82, 2.24) is 5.01 Å². The molecule has 1 aliphatic heterocycles. The van der Waals surface area contributed by atoms with E-state index < -0.39 is 0 Å². The Morgan fingerprint density at radius 2 is 1.81 bits per heavy atom. The highest BCUT2D eigenvalue weighted by molar-refractivity contribution is 6.01. The molecule has 2 atom stereocenters. The fourth-order valence-electron chi connectivity index (χ4n) is 2.93. The normalized spacial score (nSPS) is 23.1. The average molecular weight is 290 g/mol. The Morgan fingerprint density at radius 1 is 1.14 bits per heavy atom. The predicted molar refractivity (Wildman–Crippen MR) is 86.4 cm³/mol. The van der Waals surface area contributed by atoms with Crippen LogP contribution in [-0.2, 0) is 0 Å². The Morgan fingerprint density at radius 3 is 2.38 bits per heavy atom. The summed E-state index contributed by atoms with van der Waals surface area (Å²) >= 11 is 0. The fraction of sp³-hybridized carbons (Fsp3) is 0.588. The molecule has 1 fully saturated rings. The van der Waals surface area contributed by atoms with Gasteiger partial charge < -0.3 is 9.47 Å². The van der Waals surface area contributed by atoms with E-state index in [1.807, 2.05) is 25.1 Å². The van der Waals surface area contributed by atoms with E-state index in [2.05, 4.69) is 18.9 Å². The molecule has 0 saturated carbocycles. The van der Waals surface area contributed by atoms with Crippen LogP contribution >= 0.6 is 0 Å². The SMILES string of the molecule is COc1ccc(/C(C)=N\N2[C@H](C)CCC[C@H]2C)c(OC)c1. The van der Waals surface area contributed by atoms with Gasteiger partial charge in [0.2, 0.25) is 0 Å². The first-order valence-electron chi connectivity index (χ1n) is 7.62. The van der Waals surface area contributed by atoms with Crippen molar-refractivity contribution in [3.8, 4) is 11.5 Å². The van der Waals surface area contributed by atoms with Crippen molar-refractivity contribution in [2.24, 2.45) is 5.10 Å². The van der Waals surface area contributed by atoms with Gasteiger partial charge in [-0.05, 0) is 52.2 Å². The molecule has 0 unspecified atom stereocenters. The second kappa shape index (κ2) is 6.83. The standard InChI is InChI=1S/C17H26N2O2/c1-12-7-6-8-13(2)19(12)18-14(3)16-10-9-15(20-4)11-17(16)21-5/h9-13H,6-8H2,1-5H3/b18-14-/t12-,13-/m1/s1. The molecule has 1 aliphatic rings. The maximum absolute atomic E-state index is 5.47. The van der Waals surface area contributed by atoms with Gasteiger partial charge in [-0.3, -0.25) is 5.01 Å². The summed E-state index contributed by atoms with van der Waals surface area (Å²) < 4.78 is 10.7. The van der Waals surface area contributed by atoms with Crippen molar-refractivity contribution >= 4 is 5.71 Å². The van der Waals surface area contributed by atoms with Gasteiger partial charge in [-0.15, -0.1) is 0 Å². The second-order valence-electron chi connectivity index (χ2n) is 5.76. The molecule has 0 N–H and O–H groups in total. The molecule has 0 aromatic heterocycles. The van der Waals surface area contributed by atoms with Crippen molar-refractivity contribution in [1.29, 1.82) is 0 Å². The summed E-state index contributed by atoms with van der Waals surface area (Å²) in [4.78, 5) is 0. The number of ether oxygens (including phenoxy) is 2. The summed E-state index contributed by atoms with van der Waals surface area (Å²) in [5.74, 6) is 1.59. The molecule has 4 nitrogen and oxygen atoms in total. The number of rotatable bonds is 4. The maximum Gasteiger partial charge on any atom is 0.131 e. The topological polar surface area (TPSA) is 34.1 Å². The monoisotopic (exact) mass is 290 g/mol. The van der Waals surface area contributed by atoms with Crippen molar-refractivity contribution in [3.05, 3.63) is 23.8 Å². The Kier molecular flexibility index (Phi) is 5.10. The lowest BCUT2D eigenvalue weighted by Crippen LogP contribution is -2.40. The zero-order valence-electron chi connectivity index (χ0n) is 13.7. The van der Waals surface area contributed by atoms with Crippen molar-refractivity contribution in [3.63, 3.8) is 0 Å². The van der Waals surface area contributed by atoms with Gasteiger partial charge in [0, 0.05) is 23.7 Å². The number of nitrogens with zero attached hydrogens (tertiary/aromatic N) is 2. The third-order valence-electron chi connectivity index (χ3n) is 4.21. The molecule has 116 valence electrons. The second-order valence-corrected chi connectivity index (χ2v) is 5.76. The van der Waals surface area contributed by atoms with E-state index in [1.54, 1.807) is 14.2 Å². The van der Waals surface area contributed by atoms with E-state index >= 15 is 0 Å². The highest BCUT2D eigenvalue weighted by Crippen LogP contribution is 2.27. The van der Waals surface area contributed by atoms with Gasteiger partial charge in [0.05, 0.1) is 19.9 Å². The van der Waals surface area contributed by atoms with Crippen molar-refractivity contribution < 1.29 is 9.47 Å². The van der Waals surface area contributed by atoms with Crippen molar-refractivity contribution in [2.45, 2.75) is 52.1 Å². The molecule has 0 radical (unpaired) electrons. The summed E-state index contributed by atoms with van der Waals surface area (Å²) in [6, 6.07) is 6.84. The molecule has 2 rings (SSSR count). The smallest absolute Gasteiger partial charge is 0.131 e. The van der Waals surface area contributed by atoms with E-state index in [0.29, 0.717) is 12.1 Å². The molecule has 1 aromatic carbocycles. The molecule has 0 bridgehead atoms. The molecule has 21 heavy (non-hydrogen) atoms. The Bertz CT molecular complexity index is 504. The van der Waals surface area contributed by atoms with Gasteiger partial charge in [-0.25, -0.2) is 0 Å². The number of hydrogen-bond acceptors (Lipinski definition) is 4. The van der Waals surface area contributed by atoms with Crippen LogP contribution in [0.1, 0.15) is 45.6 Å². The largest absolute Gasteiger partial charge is 0.497 e. The lowest BCUT2D eigenvalue weighted by atomic mass is 10.00. The highest BCUT2D eigenvalue weighted by atomic mass is 16.5. The van der Waals surface area contributed by atoms with Gasteiger partial charge in [0.1, 0.15) is 11.5 Å². The van der Waals surface area contributed by atoms with Crippen molar-refractivity contribution in [2.75, 3.05) is 14.2 Å². The van der Waals surface area contributed by atoms with E-state index in [0.717, 1.165) is 22.8 Å². The number of hydrogen-bond donors (Lipinski definition) is 0. The molecule has 1 saturated heterocycles. The van der Waals surface area contributed by atoms with Crippen LogP contribution in [-0.4, -0.2) is 37.0 Å². The number of benzene rings is 1. The molecule has 0 amide bonds. The minimum absolute atomic E-state index is 0.493. The third kappa shape index (κ3) is 3.49. The van der Waals surface area contributed by atoms with Gasteiger partial charge in [-0.1, -0.05) is 0 Å². The van der Waals surface area contributed by atoms with Crippen LogP contribution in [0.3, 0.4) is 0 Å². The van der Waals surface area contributed by atoms with Crippen LogP contribution in [0, 0.1) is 0 Å². The predicted octanol–water partition coefficient (Wildman–Crippen LogP) is 3.69. The highest BCUT2D eigenvalue weighted by Gasteiger charge is 2.23. The summed E-state index contributed by atoms with van der Waals surface area (Å²) in [6.07, 6.45) is 3.71. The number of piperidine rings is 1. The number of hydrazone groups is 1. The number of methoxy groups -OCH3 is 2. The van der Waals surface area contributed by atoms with E-state index in [-0.39, 0.29) is 0 Å². The molecule has 1 aromatic rings. The molecule has 4 heteroatoms. The molecule has 0 spiro atoms. The lowest BCUT2D eigenvalue weighted by Gasteiger charge is -2.37. The maximum atomic E-state index is 5.47. The van der Waals surface area contributed by atoms with E-state index in [9.17, 15) is 0 Å². The van der Waals surface area contributed by atoms with Crippen LogP contribution in [0.4, 0.5) is 0 Å². The minimum Gasteiger partial charge on any atom is -0.497 e. The minimum atomic E-state index is 0.493. The molecule has 0 aliphatic carbocycles. The average Bonchev–Trinajstić information content (AvgIpc) is 2.50. The first kappa shape index (κ1) is 15.7. The Hall–Kier alpha value is -1.71. The van der Waals surface area contributed by atoms with Gasteiger partial charge >= 0.3 is 0 Å². The molecular formula is C17H26N2O2. The Labute approximate surface area is 127 Å². The van der Waals surface area contributed by atoms with E-state index in [4.69, 9.17) is 14.6 Å². The van der Waals surface area contributed by atoms with Gasteiger partial charge in [0.15, 0.2) is 0 Å². The zero-order chi connectivity index (χ0) is 15.4. The van der Waals surface area contributed by atoms with Crippen LogP contribution in [0.2, 0.25) is 0 Å². The zero-order valence-corrected chi connectivity index (χ0v) is 13.7. The summed E-state index contributed by atoms with van der Waals surface area (Å²) in [7, 11) is 3.34. The molecular weight excluding hydrogens is 264 g/mol. The first-order chi connectivity index (χ1) is 10.1. The van der Waals surface area contributed by atoms with Crippen LogP contribution in [0.5, 0.6) is 11.5 Å². The summed E-state index contributed by atoms with van der Waals surface area (Å²) in [5, 5.41) is 7.10. The Balaban J connectivity index is 2.29. The summed E-state index contributed by atoms with van der Waals surface area (Å²) in [6.45, 7) is 6.54. The van der Waals surface area contributed by atoms with Gasteiger partial charge in [0.25, 0.3) is 0 Å². The lowest BCUT2D eigenvalue weighted by molar-refractivity contribution is 0.108. The van der Waals surface area contributed by atoms with E-state index in [1.165, 1.54) is 19.3 Å². The summed E-state index contributed by atoms with van der Waals surface area (Å²) in [5.41, 5.74) is 2.00. The van der Waals surface area contributed by atoms with Crippen LogP contribution < -0.4 is 9.47 Å². The quantitative estimate of drug-likeness (QED) is 0.793.